The van der Waals surface area contributed by atoms with E-state index in [4.69, 9.17) is 11.6 Å². The monoisotopic (exact) mass is 297 g/mol. The van der Waals surface area contributed by atoms with Gasteiger partial charge in [-0.1, -0.05) is 43.7 Å². The van der Waals surface area contributed by atoms with Crippen molar-refractivity contribution in [2.45, 2.75) is 57.4 Å². The molecule has 0 aliphatic heterocycles. The van der Waals surface area contributed by atoms with Crippen molar-refractivity contribution < 1.29 is 4.39 Å². The molecule has 2 rings (SSSR count). The number of hydrogen-bond acceptors (Lipinski definition) is 1. The molecule has 1 aromatic carbocycles. The van der Waals surface area contributed by atoms with Gasteiger partial charge in [-0.15, -0.1) is 0 Å². The summed E-state index contributed by atoms with van der Waals surface area (Å²) in [6.45, 7) is 0. The van der Waals surface area contributed by atoms with Gasteiger partial charge in [0.25, 0.3) is 0 Å². The van der Waals surface area contributed by atoms with E-state index in [2.05, 4.69) is 5.32 Å². The van der Waals surface area contributed by atoms with Gasteiger partial charge in [0.15, 0.2) is 0 Å². The first-order valence-electron chi connectivity index (χ1n) is 7.80. The summed E-state index contributed by atoms with van der Waals surface area (Å²) < 4.78 is 13.3. The normalized spacial score (nSPS) is 18.1. The highest BCUT2D eigenvalue weighted by atomic mass is 35.5. The minimum absolute atomic E-state index is 0.202. The zero-order chi connectivity index (χ0) is 14.4. The van der Waals surface area contributed by atoms with Gasteiger partial charge in [0.2, 0.25) is 0 Å². The van der Waals surface area contributed by atoms with Gasteiger partial charge in [-0.25, -0.2) is 4.39 Å². The van der Waals surface area contributed by atoms with Crippen LogP contribution in [0.15, 0.2) is 18.2 Å². The quantitative estimate of drug-likeness (QED) is 0.781. The highest BCUT2D eigenvalue weighted by Gasteiger charge is 2.16. The number of benzene rings is 1. The predicted octanol–water partition coefficient (Wildman–Crippen LogP) is 4.97. The van der Waals surface area contributed by atoms with Crippen LogP contribution >= 0.6 is 11.6 Å². The number of likely N-dealkylation sites (N-methyl/N-ethyl adjacent to an activating group) is 1. The van der Waals surface area contributed by atoms with E-state index in [1.807, 2.05) is 7.05 Å². The summed E-state index contributed by atoms with van der Waals surface area (Å²) in [5, 5.41) is 4.03. The topological polar surface area (TPSA) is 12.0 Å². The van der Waals surface area contributed by atoms with Crippen LogP contribution in [0, 0.1) is 11.7 Å². The second-order valence-electron chi connectivity index (χ2n) is 6.01. The molecule has 0 bridgehead atoms. The Hall–Kier alpha value is -0.600. The van der Waals surface area contributed by atoms with Gasteiger partial charge < -0.3 is 5.32 Å². The lowest BCUT2D eigenvalue weighted by atomic mass is 9.84. The predicted molar refractivity (Wildman–Crippen MR) is 83.8 cm³/mol. The Morgan fingerprint density at radius 2 is 2.05 bits per heavy atom. The van der Waals surface area contributed by atoms with E-state index < -0.39 is 0 Å². The summed E-state index contributed by atoms with van der Waals surface area (Å²) in [5.74, 6) is 0.689. The molecule has 3 heteroatoms. The van der Waals surface area contributed by atoms with E-state index in [0.29, 0.717) is 11.1 Å². The van der Waals surface area contributed by atoms with Crippen LogP contribution in [0.3, 0.4) is 0 Å². The molecule has 1 atom stereocenters. The molecule has 1 aromatic rings. The van der Waals surface area contributed by atoms with Crippen molar-refractivity contribution in [2.24, 2.45) is 5.92 Å². The molecular weight excluding hydrogens is 273 g/mol. The fourth-order valence-electron chi connectivity index (χ4n) is 3.23. The summed E-state index contributed by atoms with van der Waals surface area (Å²) >= 11 is 6.15. The molecule has 112 valence electrons. The minimum atomic E-state index is -0.202. The van der Waals surface area contributed by atoms with Crippen LogP contribution in [0.4, 0.5) is 4.39 Å². The molecule has 0 spiro atoms. The minimum Gasteiger partial charge on any atom is -0.317 e. The van der Waals surface area contributed by atoms with Crippen molar-refractivity contribution >= 4 is 11.6 Å². The molecule has 0 heterocycles. The molecule has 1 N–H and O–H groups in total. The number of hydrogen-bond donors (Lipinski definition) is 1. The second-order valence-corrected chi connectivity index (χ2v) is 6.41. The van der Waals surface area contributed by atoms with Gasteiger partial charge in [0.05, 0.1) is 0 Å². The molecule has 1 nitrogen and oxygen atoms in total. The van der Waals surface area contributed by atoms with Crippen molar-refractivity contribution in [1.82, 2.24) is 5.32 Å². The van der Waals surface area contributed by atoms with Crippen molar-refractivity contribution in [3.63, 3.8) is 0 Å². The summed E-state index contributed by atoms with van der Waals surface area (Å²) in [5.41, 5.74) is 0.912. The lowest BCUT2D eigenvalue weighted by Gasteiger charge is -2.24. The number of halogens is 2. The third-order valence-corrected chi connectivity index (χ3v) is 4.90. The fraction of sp³-hybridized carbons (Fsp3) is 0.647. The zero-order valence-electron chi connectivity index (χ0n) is 12.3. The van der Waals surface area contributed by atoms with E-state index in [1.54, 1.807) is 12.1 Å². The zero-order valence-corrected chi connectivity index (χ0v) is 13.1. The SMILES string of the molecule is CNC(CCC1CCCCC1)Cc1cc(F)ccc1Cl. The molecular formula is C17H25ClFN. The number of nitrogens with one attached hydrogen (secondary N) is 1. The highest BCUT2D eigenvalue weighted by molar-refractivity contribution is 6.31. The van der Waals surface area contributed by atoms with Crippen molar-refractivity contribution in [3.8, 4) is 0 Å². The molecule has 20 heavy (non-hydrogen) atoms. The van der Waals surface area contributed by atoms with Crippen LogP contribution in [-0.2, 0) is 6.42 Å². The first-order chi connectivity index (χ1) is 9.69. The molecule has 0 radical (unpaired) electrons. The average molecular weight is 298 g/mol. The van der Waals surface area contributed by atoms with Crippen LogP contribution in [0.2, 0.25) is 5.02 Å². The third-order valence-electron chi connectivity index (χ3n) is 4.53. The molecule has 1 fully saturated rings. The standard InChI is InChI=1S/C17H25ClFN/c1-20-16(9-7-13-5-3-2-4-6-13)12-14-11-15(19)8-10-17(14)18/h8,10-11,13,16,20H,2-7,9,12H2,1H3. The Labute approximate surface area is 126 Å². The van der Waals surface area contributed by atoms with Gasteiger partial charge in [-0.2, -0.15) is 0 Å². The molecule has 1 unspecified atom stereocenters. The fourth-order valence-corrected chi connectivity index (χ4v) is 3.42. The van der Waals surface area contributed by atoms with E-state index in [0.717, 1.165) is 24.3 Å². The van der Waals surface area contributed by atoms with E-state index in [9.17, 15) is 4.39 Å². The van der Waals surface area contributed by atoms with Gasteiger partial charge in [0, 0.05) is 11.1 Å². The first kappa shape index (κ1) is 15.8. The average Bonchev–Trinajstić information content (AvgIpc) is 2.48. The van der Waals surface area contributed by atoms with Crippen molar-refractivity contribution in [3.05, 3.63) is 34.6 Å². The molecule has 0 amide bonds. The Morgan fingerprint density at radius 3 is 2.75 bits per heavy atom. The Morgan fingerprint density at radius 1 is 1.30 bits per heavy atom. The summed E-state index contributed by atoms with van der Waals surface area (Å²) in [6, 6.07) is 5.02. The van der Waals surface area contributed by atoms with E-state index in [1.165, 1.54) is 44.6 Å². The first-order valence-corrected chi connectivity index (χ1v) is 8.18. The van der Waals surface area contributed by atoms with E-state index >= 15 is 0 Å². The maximum atomic E-state index is 13.3. The Bertz CT molecular complexity index is 415. The second kappa shape index (κ2) is 7.99. The van der Waals surface area contributed by atoms with Crippen molar-refractivity contribution in [1.29, 1.82) is 0 Å². The Kier molecular flexibility index (Phi) is 6.31. The molecule has 1 aliphatic carbocycles. The van der Waals surface area contributed by atoms with Crippen molar-refractivity contribution in [2.75, 3.05) is 7.05 Å². The van der Waals surface area contributed by atoms with Gasteiger partial charge in [-0.05, 0) is 56.0 Å². The maximum absolute atomic E-state index is 13.3. The largest absolute Gasteiger partial charge is 0.317 e. The van der Waals surface area contributed by atoms with Crippen LogP contribution in [0.25, 0.3) is 0 Å². The third kappa shape index (κ3) is 4.75. The molecule has 0 saturated heterocycles. The Balaban J connectivity index is 1.86. The van der Waals surface area contributed by atoms with Gasteiger partial charge in [-0.3, -0.25) is 0 Å². The lowest BCUT2D eigenvalue weighted by molar-refractivity contribution is 0.315. The van der Waals surface area contributed by atoms with Crippen LogP contribution in [-0.4, -0.2) is 13.1 Å². The van der Waals surface area contributed by atoms with Gasteiger partial charge >= 0.3 is 0 Å². The molecule has 0 aromatic heterocycles. The molecule has 1 aliphatic rings. The lowest BCUT2D eigenvalue weighted by Crippen LogP contribution is -2.28. The summed E-state index contributed by atoms with van der Waals surface area (Å²) in [4.78, 5) is 0. The summed E-state index contributed by atoms with van der Waals surface area (Å²) in [7, 11) is 1.98. The van der Waals surface area contributed by atoms with Crippen LogP contribution < -0.4 is 5.32 Å². The van der Waals surface area contributed by atoms with Crippen LogP contribution in [0.1, 0.15) is 50.5 Å². The number of rotatable bonds is 6. The highest BCUT2D eigenvalue weighted by Crippen LogP contribution is 2.28. The van der Waals surface area contributed by atoms with E-state index in [-0.39, 0.29) is 5.82 Å². The van der Waals surface area contributed by atoms with Gasteiger partial charge in [0.1, 0.15) is 5.82 Å². The molecule has 1 saturated carbocycles. The smallest absolute Gasteiger partial charge is 0.123 e. The van der Waals surface area contributed by atoms with Crippen LogP contribution in [0.5, 0.6) is 0 Å². The summed E-state index contributed by atoms with van der Waals surface area (Å²) in [6.07, 6.45) is 10.2. The maximum Gasteiger partial charge on any atom is 0.123 e.